The SMILES string of the molecule is CCOc1ccc(C(=O)NNC(=O)c2c(C)nn(Cc3ccccc3Cl)c2Cl)cc1. The lowest BCUT2D eigenvalue weighted by Crippen LogP contribution is -2.41. The highest BCUT2D eigenvalue weighted by Gasteiger charge is 2.21. The minimum Gasteiger partial charge on any atom is -0.494 e. The quantitative estimate of drug-likeness (QED) is 0.559. The first-order valence-corrected chi connectivity index (χ1v) is 9.96. The van der Waals surface area contributed by atoms with Crippen LogP contribution in [-0.4, -0.2) is 28.2 Å². The van der Waals surface area contributed by atoms with E-state index in [1.807, 2.05) is 25.1 Å². The van der Waals surface area contributed by atoms with Crippen molar-refractivity contribution in [3.8, 4) is 5.75 Å². The first-order chi connectivity index (χ1) is 14.4. The number of hydrazine groups is 1. The van der Waals surface area contributed by atoms with E-state index in [0.29, 0.717) is 35.2 Å². The van der Waals surface area contributed by atoms with Gasteiger partial charge in [-0.2, -0.15) is 5.10 Å². The summed E-state index contributed by atoms with van der Waals surface area (Å²) in [5, 5.41) is 5.05. The predicted octanol–water partition coefficient (Wildman–Crippen LogP) is 4.02. The molecule has 0 saturated carbocycles. The van der Waals surface area contributed by atoms with Crippen molar-refractivity contribution in [3.05, 3.63) is 81.1 Å². The number of carbonyl (C=O) groups excluding carboxylic acids is 2. The van der Waals surface area contributed by atoms with Crippen LogP contribution >= 0.6 is 23.2 Å². The first-order valence-electron chi connectivity index (χ1n) is 9.20. The summed E-state index contributed by atoms with van der Waals surface area (Å²) in [6.45, 7) is 4.38. The summed E-state index contributed by atoms with van der Waals surface area (Å²) in [7, 11) is 0. The van der Waals surface area contributed by atoms with E-state index < -0.39 is 11.8 Å². The van der Waals surface area contributed by atoms with Crippen LogP contribution < -0.4 is 15.6 Å². The number of nitrogens with zero attached hydrogens (tertiary/aromatic N) is 2. The average Bonchev–Trinajstić information content (AvgIpc) is 3.01. The third kappa shape index (κ3) is 4.93. The largest absolute Gasteiger partial charge is 0.494 e. The molecule has 0 aliphatic heterocycles. The van der Waals surface area contributed by atoms with Crippen LogP contribution in [0.3, 0.4) is 0 Å². The highest BCUT2D eigenvalue weighted by Crippen LogP contribution is 2.23. The van der Waals surface area contributed by atoms with E-state index in [4.69, 9.17) is 27.9 Å². The van der Waals surface area contributed by atoms with E-state index in [9.17, 15) is 9.59 Å². The van der Waals surface area contributed by atoms with Gasteiger partial charge in [-0.25, -0.2) is 4.68 Å². The average molecular weight is 447 g/mol. The molecule has 2 N–H and O–H groups in total. The Morgan fingerprint density at radius 2 is 1.70 bits per heavy atom. The van der Waals surface area contributed by atoms with Gasteiger partial charge in [-0.1, -0.05) is 41.4 Å². The molecule has 1 aromatic heterocycles. The lowest BCUT2D eigenvalue weighted by atomic mass is 10.2. The smallest absolute Gasteiger partial charge is 0.274 e. The summed E-state index contributed by atoms with van der Waals surface area (Å²) < 4.78 is 6.83. The van der Waals surface area contributed by atoms with Crippen LogP contribution in [0.4, 0.5) is 0 Å². The Balaban J connectivity index is 1.67. The Morgan fingerprint density at radius 1 is 1.03 bits per heavy atom. The van der Waals surface area contributed by atoms with Gasteiger partial charge < -0.3 is 4.74 Å². The van der Waals surface area contributed by atoms with E-state index >= 15 is 0 Å². The molecule has 0 bridgehead atoms. The van der Waals surface area contributed by atoms with E-state index in [0.717, 1.165) is 5.56 Å². The number of ether oxygens (including phenoxy) is 1. The maximum atomic E-state index is 12.6. The minimum atomic E-state index is -0.567. The Bertz CT molecular complexity index is 1060. The van der Waals surface area contributed by atoms with Crippen molar-refractivity contribution in [1.29, 1.82) is 0 Å². The van der Waals surface area contributed by atoms with Gasteiger partial charge in [0.25, 0.3) is 11.8 Å². The molecule has 7 nitrogen and oxygen atoms in total. The summed E-state index contributed by atoms with van der Waals surface area (Å²) in [4.78, 5) is 24.9. The van der Waals surface area contributed by atoms with E-state index in [2.05, 4.69) is 16.0 Å². The zero-order valence-electron chi connectivity index (χ0n) is 16.4. The fraction of sp³-hybridized carbons (Fsp3) is 0.190. The molecule has 2 aromatic carbocycles. The number of carbonyl (C=O) groups is 2. The minimum absolute atomic E-state index is 0.153. The number of nitrogens with one attached hydrogen (secondary N) is 2. The second-order valence-electron chi connectivity index (χ2n) is 6.37. The van der Waals surface area contributed by atoms with Gasteiger partial charge >= 0.3 is 0 Å². The van der Waals surface area contributed by atoms with Crippen molar-refractivity contribution >= 4 is 35.0 Å². The van der Waals surface area contributed by atoms with Gasteiger partial charge in [0.1, 0.15) is 16.5 Å². The van der Waals surface area contributed by atoms with Gasteiger partial charge in [0, 0.05) is 10.6 Å². The molecule has 2 amide bonds. The highest BCUT2D eigenvalue weighted by molar-refractivity contribution is 6.33. The van der Waals surface area contributed by atoms with E-state index in [1.165, 1.54) is 4.68 Å². The molecule has 0 unspecified atom stereocenters. The highest BCUT2D eigenvalue weighted by atomic mass is 35.5. The number of rotatable bonds is 6. The standard InChI is InChI=1S/C21H20Cl2N4O3/c1-3-30-16-10-8-14(9-11-16)20(28)24-25-21(29)18-13(2)26-27(19(18)23)12-15-6-4-5-7-17(15)22/h4-11H,3,12H2,1-2H3,(H,24,28)(H,25,29). The van der Waals surface area contributed by atoms with Crippen LogP contribution in [0.25, 0.3) is 0 Å². The molecule has 0 fully saturated rings. The molecule has 3 rings (SSSR count). The molecular formula is C21H20Cl2N4O3. The molecule has 0 radical (unpaired) electrons. The number of halogens is 2. The number of hydrogen-bond donors (Lipinski definition) is 2. The van der Waals surface area contributed by atoms with Gasteiger partial charge in [0.15, 0.2) is 0 Å². The molecule has 0 aliphatic rings. The summed E-state index contributed by atoms with van der Waals surface area (Å²) in [6.07, 6.45) is 0. The number of benzene rings is 2. The van der Waals surface area contributed by atoms with Gasteiger partial charge in [-0.3, -0.25) is 20.4 Å². The molecular weight excluding hydrogens is 427 g/mol. The second kappa shape index (κ2) is 9.65. The third-order valence-electron chi connectivity index (χ3n) is 4.29. The fourth-order valence-corrected chi connectivity index (χ4v) is 3.34. The fourth-order valence-electron chi connectivity index (χ4n) is 2.82. The molecule has 30 heavy (non-hydrogen) atoms. The van der Waals surface area contributed by atoms with Crippen molar-refractivity contribution in [3.63, 3.8) is 0 Å². The van der Waals surface area contributed by atoms with Crippen molar-refractivity contribution < 1.29 is 14.3 Å². The molecule has 0 aliphatic carbocycles. The maximum absolute atomic E-state index is 12.6. The Hall–Kier alpha value is -3.03. The van der Waals surface area contributed by atoms with Crippen LogP contribution in [0.5, 0.6) is 5.75 Å². The van der Waals surface area contributed by atoms with Gasteiger partial charge in [-0.05, 0) is 49.7 Å². The van der Waals surface area contributed by atoms with Crippen molar-refractivity contribution in [2.45, 2.75) is 20.4 Å². The second-order valence-corrected chi connectivity index (χ2v) is 7.13. The summed E-state index contributed by atoms with van der Waals surface area (Å²) in [6, 6.07) is 13.9. The maximum Gasteiger partial charge on any atom is 0.274 e. The molecule has 1 heterocycles. The summed E-state index contributed by atoms with van der Waals surface area (Å²) >= 11 is 12.6. The van der Waals surface area contributed by atoms with E-state index in [-0.39, 0.29) is 10.7 Å². The molecule has 0 saturated heterocycles. The van der Waals surface area contributed by atoms with E-state index in [1.54, 1.807) is 37.3 Å². The third-order valence-corrected chi connectivity index (χ3v) is 5.04. The van der Waals surface area contributed by atoms with Gasteiger partial charge in [0.2, 0.25) is 0 Å². The van der Waals surface area contributed by atoms with Crippen LogP contribution in [0.1, 0.15) is 38.9 Å². The molecule has 9 heteroatoms. The zero-order chi connectivity index (χ0) is 21.7. The molecule has 0 atom stereocenters. The lowest BCUT2D eigenvalue weighted by molar-refractivity contribution is 0.0846. The van der Waals surface area contributed by atoms with Crippen LogP contribution in [0.15, 0.2) is 48.5 Å². The Kier molecular flexibility index (Phi) is 6.97. The number of hydrogen-bond acceptors (Lipinski definition) is 4. The van der Waals surface area contributed by atoms with Crippen LogP contribution in [0.2, 0.25) is 10.2 Å². The predicted molar refractivity (Wildman–Crippen MR) is 115 cm³/mol. The lowest BCUT2D eigenvalue weighted by Gasteiger charge is -2.09. The first kappa shape index (κ1) is 21.7. The van der Waals surface area contributed by atoms with Crippen LogP contribution in [0, 0.1) is 6.92 Å². The van der Waals surface area contributed by atoms with Crippen LogP contribution in [-0.2, 0) is 6.54 Å². The van der Waals surface area contributed by atoms with Gasteiger partial charge in [0.05, 0.1) is 18.8 Å². The monoisotopic (exact) mass is 446 g/mol. The Morgan fingerprint density at radius 3 is 2.37 bits per heavy atom. The van der Waals surface area contributed by atoms with Gasteiger partial charge in [-0.15, -0.1) is 0 Å². The molecule has 0 spiro atoms. The summed E-state index contributed by atoms with van der Waals surface area (Å²) in [5.41, 5.74) is 6.55. The molecule has 3 aromatic rings. The number of aromatic nitrogens is 2. The van der Waals surface area contributed by atoms with Crippen molar-refractivity contribution in [2.75, 3.05) is 6.61 Å². The summed E-state index contributed by atoms with van der Waals surface area (Å²) in [5.74, 6) is -0.378. The zero-order valence-corrected chi connectivity index (χ0v) is 17.9. The molecule has 156 valence electrons. The normalized spacial score (nSPS) is 10.5. The van der Waals surface area contributed by atoms with Crippen molar-refractivity contribution in [2.24, 2.45) is 0 Å². The van der Waals surface area contributed by atoms with Crippen molar-refractivity contribution in [1.82, 2.24) is 20.6 Å². The topological polar surface area (TPSA) is 85.2 Å². The number of aryl methyl sites for hydroxylation is 1. The Labute approximate surface area is 183 Å². The number of amides is 2.